The largest absolute Gasteiger partial charge is 0.373 e. The predicted octanol–water partition coefficient (Wildman–Crippen LogP) is 1.95. The Morgan fingerprint density at radius 1 is 1.32 bits per heavy atom. The summed E-state index contributed by atoms with van der Waals surface area (Å²) in [6.45, 7) is 3.56. The van der Waals surface area contributed by atoms with E-state index in [2.05, 4.69) is 25.5 Å². The quantitative estimate of drug-likeness (QED) is 0.848. The Morgan fingerprint density at radius 3 is 2.84 bits per heavy atom. The van der Waals surface area contributed by atoms with Gasteiger partial charge in [-0.3, -0.25) is 4.90 Å². The highest BCUT2D eigenvalue weighted by molar-refractivity contribution is 5.38. The summed E-state index contributed by atoms with van der Waals surface area (Å²) >= 11 is 0. The number of nitrogens with one attached hydrogen (secondary N) is 2. The van der Waals surface area contributed by atoms with Crippen LogP contribution >= 0.6 is 0 Å². The maximum Gasteiger partial charge on any atom is 0.224 e. The molecule has 0 unspecified atom stereocenters. The molecule has 2 aliphatic rings. The molecular weight excluding hydrogens is 238 g/mol. The Labute approximate surface area is 114 Å². The number of hydrogen-bond acceptors (Lipinski definition) is 5. The zero-order valence-corrected chi connectivity index (χ0v) is 11.7. The SMILES string of the molecule is CNc1ccnc(NCCC23CCCN2CCC3)n1. The number of anilines is 2. The van der Waals surface area contributed by atoms with Crippen molar-refractivity contribution in [1.82, 2.24) is 14.9 Å². The monoisotopic (exact) mass is 261 g/mol. The van der Waals surface area contributed by atoms with Crippen LogP contribution in [0.1, 0.15) is 32.1 Å². The Balaban J connectivity index is 1.55. The fourth-order valence-electron chi connectivity index (χ4n) is 3.62. The molecule has 0 saturated carbocycles. The summed E-state index contributed by atoms with van der Waals surface area (Å²) in [5.74, 6) is 1.59. The van der Waals surface area contributed by atoms with Crippen LogP contribution in [-0.4, -0.2) is 47.1 Å². The van der Waals surface area contributed by atoms with Gasteiger partial charge < -0.3 is 10.6 Å². The van der Waals surface area contributed by atoms with Gasteiger partial charge in [-0.25, -0.2) is 4.98 Å². The lowest BCUT2D eigenvalue weighted by Crippen LogP contribution is -2.39. The maximum absolute atomic E-state index is 4.39. The van der Waals surface area contributed by atoms with Crippen LogP contribution in [0.2, 0.25) is 0 Å². The molecule has 3 rings (SSSR count). The minimum atomic E-state index is 0.480. The zero-order valence-electron chi connectivity index (χ0n) is 11.7. The van der Waals surface area contributed by atoms with Crippen LogP contribution < -0.4 is 10.6 Å². The van der Waals surface area contributed by atoms with E-state index >= 15 is 0 Å². The van der Waals surface area contributed by atoms with E-state index < -0.39 is 0 Å². The van der Waals surface area contributed by atoms with E-state index in [0.717, 1.165) is 18.3 Å². The summed E-state index contributed by atoms with van der Waals surface area (Å²) in [4.78, 5) is 11.3. The smallest absolute Gasteiger partial charge is 0.224 e. The number of fused-ring (bicyclic) bond motifs is 1. The van der Waals surface area contributed by atoms with Gasteiger partial charge in [-0.15, -0.1) is 0 Å². The molecule has 1 aromatic rings. The van der Waals surface area contributed by atoms with Crippen molar-refractivity contribution in [3.8, 4) is 0 Å². The highest BCUT2D eigenvalue weighted by Crippen LogP contribution is 2.41. The first kappa shape index (κ1) is 12.7. The van der Waals surface area contributed by atoms with Gasteiger partial charge in [-0.05, 0) is 51.3 Å². The number of hydrogen-bond donors (Lipinski definition) is 2. The van der Waals surface area contributed by atoms with Gasteiger partial charge >= 0.3 is 0 Å². The second-order valence-electron chi connectivity index (χ2n) is 5.61. The molecule has 2 aliphatic heterocycles. The molecule has 0 bridgehead atoms. The highest BCUT2D eigenvalue weighted by Gasteiger charge is 2.43. The van der Waals surface area contributed by atoms with Crippen LogP contribution in [0.25, 0.3) is 0 Å². The minimum absolute atomic E-state index is 0.480. The van der Waals surface area contributed by atoms with Gasteiger partial charge in [0.15, 0.2) is 0 Å². The molecule has 1 aromatic heterocycles. The van der Waals surface area contributed by atoms with Gasteiger partial charge in [-0.1, -0.05) is 0 Å². The lowest BCUT2D eigenvalue weighted by molar-refractivity contribution is 0.187. The van der Waals surface area contributed by atoms with E-state index in [1.165, 1.54) is 45.2 Å². The summed E-state index contributed by atoms with van der Waals surface area (Å²) in [5.41, 5.74) is 0.480. The van der Waals surface area contributed by atoms with Gasteiger partial charge in [0.1, 0.15) is 5.82 Å². The fourth-order valence-corrected chi connectivity index (χ4v) is 3.62. The topological polar surface area (TPSA) is 53.1 Å². The molecule has 104 valence electrons. The van der Waals surface area contributed by atoms with E-state index in [0.29, 0.717) is 5.54 Å². The predicted molar refractivity (Wildman–Crippen MR) is 77.5 cm³/mol. The Kier molecular flexibility index (Phi) is 3.55. The van der Waals surface area contributed by atoms with Gasteiger partial charge in [0.2, 0.25) is 5.95 Å². The summed E-state index contributed by atoms with van der Waals surface area (Å²) in [6.07, 6.45) is 8.46. The van der Waals surface area contributed by atoms with Gasteiger partial charge in [0.05, 0.1) is 0 Å². The summed E-state index contributed by atoms with van der Waals surface area (Å²) < 4.78 is 0. The van der Waals surface area contributed by atoms with Crippen molar-refractivity contribution in [2.75, 3.05) is 37.3 Å². The molecule has 0 radical (unpaired) electrons. The van der Waals surface area contributed by atoms with Crippen LogP contribution in [0.4, 0.5) is 11.8 Å². The van der Waals surface area contributed by atoms with Crippen molar-refractivity contribution in [1.29, 1.82) is 0 Å². The average molecular weight is 261 g/mol. The molecule has 0 amide bonds. The third-order valence-corrected chi connectivity index (χ3v) is 4.60. The van der Waals surface area contributed by atoms with Crippen molar-refractivity contribution < 1.29 is 0 Å². The minimum Gasteiger partial charge on any atom is -0.373 e. The molecule has 5 nitrogen and oxygen atoms in total. The van der Waals surface area contributed by atoms with Crippen molar-refractivity contribution >= 4 is 11.8 Å². The van der Waals surface area contributed by atoms with Crippen LogP contribution in [0, 0.1) is 0 Å². The summed E-state index contributed by atoms with van der Waals surface area (Å²) in [7, 11) is 1.88. The van der Waals surface area contributed by atoms with Crippen molar-refractivity contribution in [3.05, 3.63) is 12.3 Å². The molecule has 2 N–H and O–H groups in total. The van der Waals surface area contributed by atoms with Crippen molar-refractivity contribution in [2.45, 2.75) is 37.6 Å². The lowest BCUT2D eigenvalue weighted by Gasteiger charge is -2.32. The third-order valence-electron chi connectivity index (χ3n) is 4.60. The Bertz CT molecular complexity index is 424. The van der Waals surface area contributed by atoms with E-state index in [4.69, 9.17) is 0 Å². The van der Waals surface area contributed by atoms with Gasteiger partial charge in [0, 0.05) is 25.3 Å². The summed E-state index contributed by atoms with van der Waals surface area (Å²) in [6, 6.07) is 1.87. The van der Waals surface area contributed by atoms with Crippen LogP contribution in [0.3, 0.4) is 0 Å². The Hall–Kier alpha value is -1.36. The van der Waals surface area contributed by atoms with Crippen molar-refractivity contribution in [2.24, 2.45) is 0 Å². The molecule has 19 heavy (non-hydrogen) atoms. The van der Waals surface area contributed by atoms with Crippen LogP contribution in [0.5, 0.6) is 0 Å². The first-order valence-corrected chi connectivity index (χ1v) is 7.32. The highest BCUT2D eigenvalue weighted by atomic mass is 15.2. The molecule has 0 aliphatic carbocycles. The molecule has 5 heteroatoms. The second-order valence-corrected chi connectivity index (χ2v) is 5.61. The molecule has 0 atom stereocenters. The molecule has 2 saturated heterocycles. The van der Waals surface area contributed by atoms with Gasteiger partial charge in [0.25, 0.3) is 0 Å². The third kappa shape index (κ3) is 2.52. The number of rotatable bonds is 5. The van der Waals surface area contributed by atoms with Crippen LogP contribution in [0.15, 0.2) is 12.3 Å². The van der Waals surface area contributed by atoms with E-state index in [-0.39, 0.29) is 0 Å². The molecule has 0 spiro atoms. The first-order chi connectivity index (χ1) is 9.32. The molecule has 0 aromatic carbocycles. The normalized spacial score (nSPS) is 21.3. The van der Waals surface area contributed by atoms with E-state index in [9.17, 15) is 0 Å². The zero-order chi connectivity index (χ0) is 13.1. The average Bonchev–Trinajstić information content (AvgIpc) is 2.98. The fraction of sp³-hybridized carbons (Fsp3) is 0.714. The standard InChI is InChI=1S/C14H23N5/c1-15-12-4-8-16-13(18-12)17-9-7-14-5-2-10-19(14)11-3-6-14/h4,8H,2-3,5-7,9-11H2,1H3,(H2,15,16,17,18). The number of nitrogens with zero attached hydrogens (tertiary/aromatic N) is 3. The second kappa shape index (κ2) is 5.33. The maximum atomic E-state index is 4.39. The summed E-state index contributed by atoms with van der Waals surface area (Å²) in [5, 5.41) is 6.40. The lowest BCUT2D eigenvalue weighted by atomic mass is 9.90. The number of aromatic nitrogens is 2. The van der Waals surface area contributed by atoms with E-state index in [1.54, 1.807) is 6.20 Å². The Morgan fingerprint density at radius 2 is 2.11 bits per heavy atom. The molecule has 2 fully saturated rings. The van der Waals surface area contributed by atoms with Gasteiger partial charge in [-0.2, -0.15) is 4.98 Å². The van der Waals surface area contributed by atoms with E-state index in [1.807, 2.05) is 13.1 Å². The van der Waals surface area contributed by atoms with Crippen LogP contribution in [-0.2, 0) is 0 Å². The van der Waals surface area contributed by atoms with Crippen molar-refractivity contribution in [3.63, 3.8) is 0 Å². The molecular formula is C14H23N5. The first-order valence-electron chi connectivity index (χ1n) is 7.32. The molecule has 3 heterocycles.